The Morgan fingerprint density at radius 1 is 1.00 bits per heavy atom. The fourth-order valence-electron chi connectivity index (χ4n) is 5.73. The maximum absolute atomic E-state index is 13.4. The number of fused-ring (bicyclic) bond motifs is 1. The van der Waals surface area contributed by atoms with E-state index in [1.165, 1.54) is 16.8 Å². The first-order chi connectivity index (χ1) is 16.5. The molecule has 180 valence electrons. The summed E-state index contributed by atoms with van der Waals surface area (Å²) < 4.78 is 2.35. The zero-order chi connectivity index (χ0) is 23.7. The predicted molar refractivity (Wildman–Crippen MR) is 138 cm³/mol. The number of rotatable bonds is 5. The van der Waals surface area contributed by atoms with Crippen molar-refractivity contribution in [3.8, 4) is 0 Å². The van der Waals surface area contributed by atoms with Crippen LogP contribution in [0.1, 0.15) is 44.1 Å². The normalized spacial score (nSPS) is 19.8. The van der Waals surface area contributed by atoms with Crippen molar-refractivity contribution in [3.05, 3.63) is 59.9 Å². The SMILES string of the molecule is Cc1ccccc1N1CCN(C(=O)[C@H]2CCCN(Cc3nc4ccccc4n3C(C)C)C2)CC1. The molecular formula is C28H37N5O. The van der Waals surface area contributed by atoms with Gasteiger partial charge in [-0.15, -0.1) is 0 Å². The number of aromatic nitrogens is 2. The van der Waals surface area contributed by atoms with E-state index in [0.717, 1.165) is 70.0 Å². The van der Waals surface area contributed by atoms with Gasteiger partial charge < -0.3 is 14.4 Å². The topological polar surface area (TPSA) is 44.6 Å². The molecule has 0 saturated carbocycles. The highest BCUT2D eigenvalue weighted by molar-refractivity contribution is 5.79. The minimum Gasteiger partial charge on any atom is -0.368 e. The Morgan fingerprint density at radius 2 is 1.74 bits per heavy atom. The molecule has 5 rings (SSSR count). The van der Waals surface area contributed by atoms with Crippen LogP contribution in [0.3, 0.4) is 0 Å². The molecule has 6 heteroatoms. The number of piperidine rings is 1. The number of carbonyl (C=O) groups is 1. The fraction of sp³-hybridized carbons (Fsp3) is 0.500. The molecule has 1 amide bonds. The molecule has 0 spiro atoms. The van der Waals surface area contributed by atoms with Crippen LogP contribution in [0.2, 0.25) is 0 Å². The van der Waals surface area contributed by atoms with Gasteiger partial charge in [0.25, 0.3) is 0 Å². The second-order valence-electron chi connectivity index (χ2n) is 10.2. The monoisotopic (exact) mass is 459 g/mol. The first kappa shape index (κ1) is 22.9. The molecule has 0 N–H and O–H groups in total. The molecule has 2 aromatic carbocycles. The Labute approximate surface area is 203 Å². The largest absolute Gasteiger partial charge is 0.368 e. The van der Waals surface area contributed by atoms with E-state index in [4.69, 9.17) is 4.98 Å². The van der Waals surface area contributed by atoms with E-state index < -0.39 is 0 Å². The van der Waals surface area contributed by atoms with Crippen LogP contribution < -0.4 is 4.90 Å². The molecule has 6 nitrogen and oxygen atoms in total. The molecule has 0 unspecified atom stereocenters. The summed E-state index contributed by atoms with van der Waals surface area (Å²) in [4.78, 5) is 25.4. The maximum Gasteiger partial charge on any atom is 0.227 e. The number of anilines is 1. The lowest BCUT2D eigenvalue weighted by Gasteiger charge is -2.40. The number of carbonyl (C=O) groups excluding carboxylic acids is 1. The average Bonchev–Trinajstić information content (AvgIpc) is 3.22. The lowest BCUT2D eigenvalue weighted by Crippen LogP contribution is -2.52. The van der Waals surface area contributed by atoms with E-state index in [2.05, 4.69) is 88.6 Å². The Morgan fingerprint density at radius 3 is 2.50 bits per heavy atom. The Bertz CT molecular complexity index is 1140. The van der Waals surface area contributed by atoms with Gasteiger partial charge in [0, 0.05) is 44.5 Å². The third-order valence-electron chi connectivity index (χ3n) is 7.45. The molecule has 1 aromatic heterocycles. The fourth-order valence-corrected chi connectivity index (χ4v) is 5.73. The third kappa shape index (κ3) is 4.56. The molecule has 0 radical (unpaired) electrons. The van der Waals surface area contributed by atoms with Crippen molar-refractivity contribution >= 4 is 22.6 Å². The minimum atomic E-state index is 0.0932. The Hall–Kier alpha value is -2.86. The number of para-hydroxylation sites is 3. The first-order valence-corrected chi connectivity index (χ1v) is 12.8. The van der Waals surface area contributed by atoms with Crippen molar-refractivity contribution in [2.45, 2.75) is 46.2 Å². The van der Waals surface area contributed by atoms with Crippen molar-refractivity contribution in [1.82, 2.24) is 19.4 Å². The smallest absolute Gasteiger partial charge is 0.227 e. The van der Waals surface area contributed by atoms with Gasteiger partial charge in [0.05, 0.1) is 23.5 Å². The van der Waals surface area contributed by atoms with E-state index in [9.17, 15) is 4.79 Å². The highest BCUT2D eigenvalue weighted by atomic mass is 16.2. The van der Waals surface area contributed by atoms with Gasteiger partial charge in [0.1, 0.15) is 5.82 Å². The molecule has 3 aromatic rings. The number of nitrogens with zero attached hydrogens (tertiary/aromatic N) is 5. The van der Waals surface area contributed by atoms with E-state index >= 15 is 0 Å². The van der Waals surface area contributed by atoms with Crippen molar-refractivity contribution in [2.75, 3.05) is 44.2 Å². The van der Waals surface area contributed by atoms with Gasteiger partial charge >= 0.3 is 0 Å². The predicted octanol–water partition coefficient (Wildman–Crippen LogP) is 4.49. The summed E-state index contributed by atoms with van der Waals surface area (Å²) in [6, 6.07) is 17.3. The summed E-state index contributed by atoms with van der Waals surface area (Å²) in [6.45, 7) is 12.7. The summed E-state index contributed by atoms with van der Waals surface area (Å²) in [6.07, 6.45) is 2.06. The van der Waals surface area contributed by atoms with Crippen LogP contribution in [0.25, 0.3) is 11.0 Å². The van der Waals surface area contributed by atoms with E-state index in [0.29, 0.717) is 11.9 Å². The average molecular weight is 460 g/mol. The molecule has 34 heavy (non-hydrogen) atoms. The van der Waals surface area contributed by atoms with Crippen molar-refractivity contribution in [1.29, 1.82) is 0 Å². The number of aryl methyl sites for hydroxylation is 1. The lowest BCUT2D eigenvalue weighted by atomic mass is 9.96. The van der Waals surface area contributed by atoms with Gasteiger partial charge in [-0.05, 0) is 63.9 Å². The summed E-state index contributed by atoms with van der Waals surface area (Å²) >= 11 is 0. The zero-order valence-electron chi connectivity index (χ0n) is 20.8. The summed E-state index contributed by atoms with van der Waals surface area (Å²) in [5, 5.41) is 0. The van der Waals surface area contributed by atoms with Gasteiger partial charge in [-0.25, -0.2) is 4.98 Å². The number of hydrogen-bond donors (Lipinski definition) is 0. The number of benzene rings is 2. The molecule has 2 aliphatic heterocycles. The van der Waals surface area contributed by atoms with Crippen LogP contribution >= 0.6 is 0 Å². The standard InChI is InChI=1S/C28H37N5O/c1-21(2)33-26-13-7-5-11-24(26)29-27(33)20-30-14-8-10-23(19-30)28(34)32-17-15-31(16-18-32)25-12-6-4-9-22(25)3/h4-7,9,11-13,21,23H,8,10,14-20H2,1-3H3/t23-/m0/s1. The molecule has 0 aliphatic carbocycles. The highest BCUT2D eigenvalue weighted by Gasteiger charge is 2.32. The minimum absolute atomic E-state index is 0.0932. The zero-order valence-corrected chi connectivity index (χ0v) is 20.8. The van der Waals surface area contributed by atoms with E-state index in [-0.39, 0.29) is 5.92 Å². The van der Waals surface area contributed by atoms with Crippen LogP contribution in [-0.2, 0) is 11.3 Å². The van der Waals surface area contributed by atoms with Crippen LogP contribution in [-0.4, -0.2) is 64.5 Å². The van der Waals surface area contributed by atoms with Crippen molar-refractivity contribution in [3.63, 3.8) is 0 Å². The molecular weight excluding hydrogens is 422 g/mol. The van der Waals surface area contributed by atoms with Crippen molar-refractivity contribution < 1.29 is 4.79 Å². The second kappa shape index (κ2) is 9.79. The van der Waals surface area contributed by atoms with Crippen LogP contribution in [0.4, 0.5) is 5.69 Å². The van der Waals surface area contributed by atoms with Gasteiger partial charge in [-0.1, -0.05) is 30.3 Å². The third-order valence-corrected chi connectivity index (χ3v) is 7.45. The first-order valence-electron chi connectivity index (χ1n) is 12.8. The number of amides is 1. The van der Waals surface area contributed by atoms with E-state index in [1.54, 1.807) is 0 Å². The number of piperazine rings is 1. The Kier molecular flexibility index (Phi) is 6.59. The maximum atomic E-state index is 13.4. The summed E-state index contributed by atoms with van der Waals surface area (Å²) in [7, 11) is 0. The Balaban J connectivity index is 1.22. The second-order valence-corrected chi connectivity index (χ2v) is 10.2. The van der Waals surface area contributed by atoms with Gasteiger partial charge in [0.2, 0.25) is 5.91 Å². The number of likely N-dealkylation sites (tertiary alicyclic amines) is 1. The number of imidazole rings is 1. The molecule has 2 aliphatic rings. The summed E-state index contributed by atoms with van der Waals surface area (Å²) in [5.41, 5.74) is 4.86. The summed E-state index contributed by atoms with van der Waals surface area (Å²) in [5.74, 6) is 1.54. The molecule has 0 bridgehead atoms. The van der Waals surface area contributed by atoms with Crippen LogP contribution in [0.5, 0.6) is 0 Å². The van der Waals surface area contributed by atoms with Gasteiger partial charge in [-0.3, -0.25) is 9.69 Å². The van der Waals surface area contributed by atoms with Gasteiger partial charge in [-0.2, -0.15) is 0 Å². The molecule has 3 heterocycles. The quantitative estimate of drug-likeness (QED) is 0.564. The lowest BCUT2D eigenvalue weighted by molar-refractivity contribution is -0.137. The molecule has 2 saturated heterocycles. The van der Waals surface area contributed by atoms with Crippen molar-refractivity contribution in [2.24, 2.45) is 5.92 Å². The van der Waals surface area contributed by atoms with Crippen LogP contribution in [0, 0.1) is 12.8 Å². The van der Waals surface area contributed by atoms with Crippen LogP contribution in [0.15, 0.2) is 48.5 Å². The number of hydrogen-bond acceptors (Lipinski definition) is 4. The van der Waals surface area contributed by atoms with E-state index in [1.807, 2.05) is 0 Å². The highest BCUT2D eigenvalue weighted by Crippen LogP contribution is 2.26. The molecule has 1 atom stereocenters. The molecule has 2 fully saturated rings. The van der Waals surface area contributed by atoms with Gasteiger partial charge in [0.15, 0.2) is 0 Å².